The number of hydrogen-bond donors (Lipinski definition) is 0. The molecule has 54 heavy (non-hydrogen) atoms. The van der Waals surface area contributed by atoms with Crippen LogP contribution >= 0.6 is 0 Å². The average molecular weight is 727 g/mol. The molecule has 0 aliphatic carbocycles. The summed E-state index contributed by atoms with van der Waals surface area (Å²) >= 11 is 0. The molecule has 0 saturated heterocycles. The van der Waals surface area contributed by atoms with Crippen LogP contribution in [-0.4, -0.2) is 38.4 Å². The van der Waals surface area contributed by atoms with Gasteiger partial charge in [0.25, 0.3) is 0 Å². The number of rotatable bonds is 19. The van der Waals surface area contributed by atoms with E-state index in [2.05, 4.69) is 43.3 Å². The highest BCUT2D eigenvalue weighted by atomic mass is 16.5. The third-order valence-corrected chi connectivity index (χ3v) is 8.67. The van der Waals surface area contributed by atoms with Crippen LogP contribution in [-0.2, 0) is 24.5 Å². The van der Waals surface area contributed by atoms with E-state index in [4.69, 9.17) is 28.4 Å². The summed E-state index contributed by atoms with van der Waals surface area (Å²) in [5, 5.41) is 0. The number of carbonyl (C=O) groups is 2. The first kappa shape index (κ1) is 38.9. The normalized spacial score (nSPS) is 12.6. The fourth-order valence-corrected chi connectivity index (χ4v) is 5.50. The lowest BCUT2D eigenvalue weighted by atomic mass is 9.71. The molecular formula is C46H46O8. The van der Waals surface area contributed by atoms with Gasteiger partial charge in [0.05, 0.1) is 37.6 Å². The number of carbonyl (C=O) groups excluding carboxylic acids is 2. The van der Waals surface area contributed by atoms with Crippen molar-refractivity contribution in [2.75, 3.05) is 26.4 Å². The summed E-state index contributed by atoms with van der Waals surface area (Å²) in [7, 11) is 0. The largest absolute Gasteiger partial charge is 0.493 e. The molecule has 0 saturated carbocycles. The second-order valence-electron chi connectivity index (χ2n) is 12.7. The fourth-order valence-electron chi connectivity index (χ4n) is 5.50. The SMILES string of the molecule is CC(=COc1ccccc1)C(=O)OCCCOc1ccc(C(C)(c2ccccc2)c2ccc(OCCCOC(=O)C(C)=COc3ccccc3)cc2)cc1. The molecule has 0 aliphatic rings. The minimum atomic E-state index is -0.452. The van der Waals surface area contributed by atoms with E-state index in [0.717, 1.165) is 28.2 Å². The zero-order valence-electron chi connectivity index (χ0n) is 30.9. The second-order valence-corrected chi connectivity index (χ2v) is 12.7. The van der Waals surface area contributed by atoms with E-state index in [1.165, 1.54) is 12.5 Å². The molecule has 0 atom stereocenters. The molecule has 5 rings (SSSR count). The van der Waals surface area contributed by atoms with E-state index in [9.17, 15) is 9.59 Å². The molecule has 5 aromatic rings. The van der Waals surface area contributed by atoms with Gasteiger partial charge in [0.1, 0.15) is 35.5 Å². The fraction of sp³-hybridized carbons (Fsp3) is 0.217. The Morgan fingerprint density at radius 1 is 0.463 bits per heavy atom. The monoisotopic (exact) mass is 726 g/mol. The van der Waals surface area contributed by atoms with Crippen LogP contribution in [0.1, 0.15) is 50.3 Å². The van der Waals surface area contributed by atoms with Gasteiger partial charge < -0.3 is 28.4 Å². The number of benzene rings is 5. The van der Waals surface area contributed by atoms with Crippen molar-refractivity contribution in [1.82, 2.24) is 0 Å². The van der Waals surface area contributed by atoms with Crippen molar-refractivity contribution in [1.29, 1.82) is 0 Å². The Balaban J connectivity index is 1.09. The van der Waals surface area contributed by atoms with Crippen molar-refractivity contribution < 1.29 is 38.0 Å². The molecular weight excluding hydrogens is 680 g/mol. The summed E-state index contributed by atoms with van der Waals surface area (Å²) in [6, 6.07) is 45.1. The molecule has 0 spiro atoms. The Hall–Kier alpha value is -6.28. The quantitative estimate of drug-likeness (QED) is 0.0273. The molecule has 0 unspecified atom stereocenters. The van der Waals surface area contributed by atoms with Gasteiger partial charge in [-0.1, -0.05) is 91.0 Å². The zero-order valence-corrected chi connectivity index (χ0v) is 30.9. The molecule has 0 amide bonds. The van der Waals surface area contributed by atoms with Gasteiger partial charge >= 0.3 is 11.9 Å². The average Bonchev–Trinajstić information content (AvgIpc) is 3.22. The van der Waals surface area contributed by atoms with E-state index in [-0.39, 0.29) is 13.2 Å². The summed E-state index contributed by atoms with van der Waals surface area (Å²) in [6.45, 7) is 6.78. The lowest BCUT2D eigenvalue weighted by Crippen LogP contribution is -2.25. The van der Waals surface area contributed by atoms with E-state index in [0.29, 0.717) is 48.7 Å². The highest BCUT2D eigenvalue weighted by Gasteiger charge is 2.31. The van der Waals surface area contributed by atoms with Crippen molar-refractivity contribution in [2.24, 2.45) is 0 Å². The Labute approximate surface area is 317 Å². The van der Waals surface area contributed by atoms with Crippen molar-refractivity contribution in [3.63, 3.8) is 0 Å². The van der Waals surface area contributed by atoms with Crippen LogP contribution in [0.5, 0.6) is 23.0 Å². The summed E-state index contributed by atoms with van der Waals surface area (Å²) in [5.41, 5.74) is 3.65. The molecule has 0 bridgehead atoms. The van der Waals surface area contributed by atoms with Crippen LogP contribution in [0, 0.1) is 0 Å². The van der Waals surface area contributed by atoms with Gasteiger partial charge in [0, 0.05) is 18.3 Å². The standard InChI is InChI=1S/C46H46O8/c1-35(33-53-40-17-9-5-10-18-40)44(47)51-31-13-29-49-42-25-21-38(22-26-42)46(3,37-15-7-4-8-16-37)39-23-27-43(28-24-39)50-30-14-32-52-45(48)36(2)34-54-41-19-11-6-12-20-41/h4-12,15-28,33-34H,13-14,29-32H2,1-3H3. The second kappa shape index (κ2) is 20.1. The van der Waals surface area contributed by atoms with E-state index < -0.39 is 17.4 Å². The molecule has 278 valence electrons. The van der Waals surface area contributed by atoms with Crippen LogP contribution < -0.4 is 18.9 Å². The van der Waals surface area contributed by atoms with Gasteiger partial charge in [-0.15, -0.1) is 0 Å². The highest BCUT2D eigenvalue weighted by molar-refractivity contribution is 5.87. The smallest absolute Gasteiger partial charge is 0.336 e. The predicted octanol–water partition coefficient (Wildman–Crippen LogP) is 9.63. The third-order valence-electron chi connectivity index (χ3n) is 8.67. The van der Waals surface area contributed by atoms with E-state index in [1.54, 1.807) is 13.8 Å². The topological polar surface area (TPSA) is 89.5 Å². The van der Waals surface area contributed by atoms with Crippen LogP contribution in [0.2, 0.25) is 0 Å². The first-order valence-electron chi connectivity index (χ1n) is 18.0. The molecule has 8 heteroatoms. The molecule has 0 heterocycles. The summed E-state index contributed by atoms with van der Waals surface area (Å²) in [5.74, 6) is 1.90. The Morgan fingerprint density at radius 2 is 0.815 bits per heavy atom. The third kappa shape index (κ3) is 11.4. The number of hydrogen-bond acceptors (Lipinski definition) is 8. The molecule has 0 radical (unpaired) electrons. The van der Waals surface area contributed by atoms with Crippen LogP contribution in [0.4, 0.5) is 0 Å². The molecule has 0 fully saturated rings. The summed E-state index contributed by atoms with van der Waals surface area (Å²) in [4.78, 5) is 24.6. The molecule has 0 N–H and O–H groups in total. The lowest BCUT2D eigenvalue weighted by Gasteiger charge is -2.32. The van der Waals surface area contributed by atoms with Gasteiger partial charge in [0.2, 0.25) is 0 Å². The van der Waals surface area contributed by atoms with Crippen molar-refractivity contribution in [2.45, 2.75) is 39.0 Å². The lowest BCUT2D eigenvalue weighted by molar-refractivity contribution is -0.140. The van der Waals surface area contributed by atoms with Crippen LogP contribution in [0.15, 0.2) is 163 Å². The minimum absolute atomic E-state index is 0.232. The van der Waals surface area contributed by atoms with E-state index >= 15 is 0 Å². The minimum Gasteiger partial charge on any atom is -0.493 e. The maximum Gasteiger partial charge on any atom is 0.336 e. The Kier molecular flexibility index (Phi) is 14.5. The molecule has 0 aliphatic heterocycles. The Bertz CT molecular complexity index is 1830. The predicted molar refractivity (Wildman–Crippen MR) is 209 cm³/mol. The zero-order chi connectivity index (χ0) is 38.0. The number of para-hydroxylation sites is 2. The first-order chi connectivity index (χ1) is 26.3. The van der Waals surface area contributed by atoms with Crippen LogP contribution in [0.3, 0.4) is 0 Å². The summed E-state index contributed by atoms with van der Waals surface area (Å²) < 4.78 is 33.7. The van der Waals surface area contributed by atoms with Gasteiger partial charge in [-0.25, -0.2) is 9.59 Å². The molecule has 8 nitrogen and oxygen atoms in total. The van der Waals surface area contributed by atoms with Gasteiger partial charge in [-0.2, -0.15) is 0 Å². The molecule has 5 aromatic carbocycles. The van der Waals surface area contributed by atoms with Crippen molar-refractivity contribution in [3.05, 3.63) is 180 Å². The van der Waals surface area contributed by atoms with E-state index in [1.807, 2.05) is 103 Å². The maximum atomic E-state index is 12.3. The van der Waals surface area contributed by atoms with Gasteiger partial charge in [0.15, 0.2) is 0 Å². The molecule has 0 aromatic heterocycles. The van der Waals surface area contributed by atoms with Crippen molar-refractivity contribution in [3.8, 4) is 23.0 Å². The first-order valence-corrected chi connectivity index (χ1v) is 18.0. The maximum absolute atomic E-state index is 12.3. The van der Waals surface area contributed by atoms with Gasteiger partial charge in [-0.3, -0.25) is 0 Å². The highest BCUT2D eigenvalue weighted by Crippen LogP contribution is 2.40. The Morgan fingerprint density at radius 3 is 1.20 bits per heavy atom. The van der Waals surface area contributed by atoms with Crippen molar-refractivity contribution >= 4 is 11.9 Å². The number of esters is 2. The van der Waals surface area contributed by atoms with Crippen LogP contribution in [0.25, 0.3) is 0 Å². The summed E-state index contributed by atoms with van der Waals surface area (Å²) in [6.07, 6.45) is 3.89. The number of ether oxygens (including phenoxy) is 6. The van der Waals surface area contributed by atoms with Gasteiger partial charge in [-0.05, 0) is 86.0 Å².